The van der Waals surface area contributed by atoms with Crippen LogP contribution in [0.4, 0.5) is 5.69 Å². The molecule has 1 amide bonds. The number of carbonyl (C=O) groups excluding carboxylic acids is 1. The van der Waals surface area contributed by atoms with Crippen LogP contribution in [0.3, 0.4) is 0 Å². The first kappa shape index (κ1) is 16.0. The van der Waals surface area contributed by atoms with E-state index in [4.69, 9.17) is 0 Å². The van der Waals surface area contributed by atoms with Crippen LogP contribution in [0.25, 0.3) is 22.4 Å². The van der Waals surface area contributed by atoms with Crippen molar-refractivity contribution in [2.75, 3.05) is 5.32 Å². The lowest BCUT2D eigenvalue weighted by Gasteiger charge is -2.05. The molecule has 0 aliphatic rings. The first-order chi connectivity index (χ1) is 12.6. The second-order valence-electron chi connectivity index (χ2n) is 6.31. The average molecular weight is 342 g/mol. The van der Waals surface area contributed by atoms with Crippen LogP contribution in [-0.2, 0) is 0 Å². The number of fused-ring (bicyclic) bond motifs is 1. The van der Waals surface area contributed by atoms with E-state index in [-0.39, 0.29) is 5.91 Å². The van der Waals surface area contributed by atoms with Gasteiger partial charge in [-0.15, -0.1) is 0 Å². The minimum absolute atomic E-state index is 0.158. The summed E-state index contributed by atoms with van der Waals surface area (Å²) in [4.78, 5) is 24.1. The zero-order valence-corrected chi connectivity index (χ0v) is 14.6. The first-order valence-corrected chi connectivity index (χ1v) is 8.39. The molecule has 0 radical (unpaired) electrons. The zero-order valence-electron chi connectivity index (χ0n) is 14.6. The number of rotatable bonds is 3. The molecule has 4 aromatic rings. The second-order valence-corrected chi connectivity index (χ2v) is 6.31. The summed E-state index contributed by atoms with van der Waals surface area (Å²) in [6.07, 6.45) is 3.20. The smallest absolute Gasteiger partial charge is 0.255 e. The fraction of sp³-hybridized carbons (Fsp3) is 0.0952. The standard InChI is InChI=1S/C21H18N4O/c1-13-11-18-19(12-14(13)2)25-20(24-18)15-3-5-17(6-4-15)23-21(26)16-7-9-22-10-8-16/h3-12H,1-2H3,(H,23,26)(H,24,25). The molecule has 2 aromatic heterocycles. The number of carbonyl (C=O) groups is 1. The number of hydrogen-bond donors (Lipinski definition) is 2. The topological polar surface area (TPSA) is 70.7 Å². The van der Waals surface area contributed by atoms with Gasteiger partial charge in [-0.2, -0.15) is 0 Å². The van der Waals surface area contributed by atoms with Gasteiger partial charge in [-0.3, -0.25) is 9.78 Å². The number of aromatic amines is 1. The van der Waals surface area contributed by atoms with Crippen molar-refractivity contribution in [1.29, 1.82) is 0 Å². The van der Waals surface area contributed by atoms with Gasteiger partial charge in [-0.1, -0.05) is 0 Å². The van der Waals surface area contributed by atoms with E-state index in [1.807, 2.05) is 24.3 Å². The van der Waals surface area contributed by atoms with Crippen LogP contribution in [0.5, 0.6) is 0 Å². The average Bonchev–Trinajstić information content (AvgIpc) is 3.06. The normalized spacial score (nSPS) is 10.8. The number of benzene rings is 2. The van der Waals surface area contributed by atoms with Gasteiger partial charge < -0.3 is 10.3 Å². The predicted molar refractivity (Wildman–Crippen MR) is 103 cm³/mol. The van der Waals surface area contributed by atoms with Crippen LogP contribution in [0.1, 0.15) is 21.5 Å². The van der Waals surface area contributed by atoms with Crippen LogP contribution < -0.4 is 5.32 Å². The molecule has 0 aliphatic heterocycles. The Balaban J connectivity index is 1.57. The molecule has 0 aliphatic carbocycles. The minimum Gasteiger partial charge on any atom is -0.338 e. The summed E-state index contributed by atoms with van der Waals surface area (Å²) >= 11 is 0. The maximum absolute atomic E-state index is 12.2. The Morgan fingerprint density at radius 3 is 2.38 bits per heavy atom. The van der Waals surface area contributed by atoms with Crippen LogP contribution in [0.2, 0.25) is 0 Å². The van der Waals surface area contributed by atoms with E-state index in [1.54, 1.807) is 24.5 Å². The number of imidazole rings is 1. The summed E-state index contributed by atoms with van der Waals surface area (Å²) in [5.74, 6) is 0.659. The number of aromatic nitrogens is 3. The molecule has 0 atom stereocenters. The third kappa shape index (κ3) is 3.07. The van der Waals surface area contributed by atoms with Crippen molar-refractivity contribution in [2.45, 2.75) is 13.8 Å². The predicted octanol–water partition coefficient (Wildman–Crippen LogP) is 4.49. The summed E-state index contributed by atoms with van der Waals surface area (Å²) in [5.41, 5.74) is 6.73. The molecule has 2 heterocycles. The molecule has 0 bridgehead atoms. The van der Waals surface area contributed by atoms with Gasteiger partial charge in [-0.05, 0) is 73.5 Å². The lowest BCUT2D eigenvalue weighted by molar-refractivity contribution is 0.102. The van der Waals surface area contributed by atoms with E-state index in [1.165, 1.54) is 11.1 Å². The van der Waals surface area contributed by atoms with Crippen molar-refractivity contribution in [3.63, 3.8) is 0 Å². The Bertz CT molecular complexity index is 1040. The van der Waals surface area contributed by atoms with Gasteiger partial charge in [0.2, 0.25) is 0 Å². The van der Waals surface area contributed by atoms with Gasteiger partial charge >= 0.3 is 0 Å². The Morgan fingerprint density at radius 1 is 0.962 bits per heavy atom. The van der Waals surface area contributed by atoms with E-state index in [0.29, 0.717) is 5.56 Å². The van der Waals surface area contributed by atoms with E-state index in [2.05, 4.69) is 46.2 Å². The van der Waals surface area contributed by atoms with Gasteiger partial charge in [0.25, 0.3) is 5.91 Å². The molecular weight excluding hydrogens is 324 g/mol. The van der Waals surface area contributed by atoms with Crippen molar-refractivity contribution in [1.82, 2.24) is 15.0 Å². The summed E-state index contributed by atoms with van der Waals surface area (Å²) < 4.78 is 0. The number of aryl methyl sites for hydroxylation is 2. The second kappa shape index (κ2) is 6.44. The van der Waals surface area contributed by atoms with Crippen molar-refractivity contribution < 1.29 is 4.79 Å². The highest BCUT2D eigenvalue weighted by atomic mass is 16.1. The highest BCUT2D eigenvalue weighted by Crippen LogP contribution is 2.24. The number of H-pyrrole nitrogens is 1. The lowest BCUT2D eigenvalue weighted by atomic mass is 10.1. The lowest BCUT2D eigenvalue weighted by Crippen LogP contribution is -2.11. The molecule has 2 aromatic carbocycles. The highest BCUT2D eigenvalue weighted by molar-refractivity contribution is 6.04. The van der Waals surface area contributed by atoms with E-state index >= 15 is 0 Å². The Hall–Kier alpha value is -3.47. The quantitative estimate of drug-likeness (QED) is 0.576. The fourth-order valence-electron chi connectivity index (χ4n) is 2.82. The Labute approximate surface area is 151 Å². The number of anilines is 1. The first-order valence-electron chi connectivity index (χ1n) is 8.39. The number of pyridine rings is 1. The third-order valence-corrected chi connectivity index (χ3v) is 4.46. The van der Waals surface area contributed by atoms with Crippen molar-refractivity contribution in [2.24, 2.45) is 0 Å². The number of hydrogen-bond acceptors (Lipinski definition) is 3. The van der Waals surface area contributed by atoms with Gasteiger partial charge in [-0.25, -0.2) is 4.98 Å². The number of amides is 1. The fourth-order valence-corrected chi connectivity index (χ4v) is 2.82. The molecule has 0 fully saturated rings. The molecule has 0 saturated heterocycles. The minimum atomic E-state index is -0.158. The van der Waals surface area contributed by atoms with Crippen molar-refractivity contribution >= 4 is 22.6 Å². The molecule has 2 N–H and O–H groups in total. The summed E-state index contributed by atoms with van der Waals surface area (Å²) in [7, 11) is 0. The van der Waals surface area contributed by atoms with Gasteiger partial charge in [0.05, 0.1) is 11.0 Å². The SMILES string of the molecule is Cc1cc2nc(-c3ccc(NC(=O)c4ccncc4)cc3)[nH]c2cc1C. The van der Waals surface area contributed by atoms with Gasteiger partial charge in [0, 0.05) is 29.2 Å². The number of nitrogens with one attached hydrogen (secondary N) is 2. The highest BCUT2D eigenvalue weighted by Gasteiger charge is 2.08. The van der Waals surface area contributed by atoms with Crippen molar-refractivity contribution in [3.05, 3.63) is 77.6 Å². The molecule has 0 unspecified atom stereocenters. The van der Waals surface area contributed by atoms with Crippen LogP contribution in [0, 0.1) is 13.8 Å². The molecule has 5 nitrogen and oxygen atoms in total. The summed E-state index contributed by atoms with van der Waals surface area (Å²) in [6.45, 7) is 4.18. The molecule has 128 valence electrons. The van der Waals surface area contributed by atoms with Crippen LogP contribution in [-0.4, -0.2) is 20.9 Å². The monoisotopic (exact) mass is 342 g/mol. The van der Waals surface area contributed by atoms with Crippen LogP contribution in [0.15, 0.2) is 60.9 Å². The Morgan fingerprint density at radius 2 is 1.65 bits per heavy atom. The Kier molecular flexibility index (Phi) is 3.97. The maximum atomic E-state index is 12.2. The van der Waals surface area contributed by atoms with E-state index in [0.717, 1.165) is 28.1 Å². The summed E-state index contributed by atoms with van der Waals surface area (Å²) in [5, 5.41) is 2.88. The van der Waals surface area contributed by atoms with Gasteiger partial charge in [0.1, 0.15) is 5.82 Å². The largest absolute Gasteiger partial charge is 0.338 e. The van der Waals surface area contributed by atoms with E-state index < -0.39 is 0 Å². The maximum Gasteiger partial charge on any atom is 0.255 e. The third-order valence-electron chi connectivity index (χ3n) is 4.46. The molecule has 0 spiro atoms. The van der Waals surface area contributed by atoms with Crippen LogP contribution >= 0.6 is 0 Å². The number of nitrogens with zero attached hydrogens (tertiary/aromatic N) is 2. The van der Waals surface area contributed by atoms with Crippen molar-refractivity contribution in [3.8, 4) is 11.4 Å². The zero-order chi connectivity index (χ0) is 18.1. The molecule has 0 saturated carbocycles. The molecule has 5 heteroatoms. The molecule has 26 heavy (non-hydrogen) atoms. The van der Waals surface area contributed by atoms with Gasteiger partial charge in [0.15, 0.2) is 0 Å². The molecular formula is C21H18N4O. The molecule has 4 rings (SSSR count). The van der Waals surface area contributed by atoms with E-state index in [9.17, 15) is 4.79 Å². The summed E-state index contributed by atoms with van der Waals surface area (Å²) in [6, 6.07) is 15.2.